The third kappa shape index (κ3) is 2.19. The lowest BCUT2D eigenvalue weighted by molar-refractivity contribution is 0.102. The highest BCUT2D eigenvalue weighted by Gasteiger charge is 2.06. The predicted molar refractivity (Wildman–Crippen MR) is 55.5 cm³/mol. The van der Waals surface area contributed by atoms with Crippen molar-refractivity contribution in [2.24, 2.45) is 0 Å². The highest BCUT2D eigenvalue weighted by molar-refractivity contribution is 6.03. The Kier molecular flexibility index (Phi) is 2.45. The number of carbonyl (C=O) groups is 1. The Hall–Kier alpha value is -2.17. The summed E-state index contributed by atoms with van der Waals surface area (Å²) in [6, 6.07) is 7.34. The van der Waals surface area contributed by atoms with Crippen LogP contribution in [0.1, 0.15) is 15.9 Å². The second kappa shape index (κ2) is 3.91. The molecule has 0 spiro atoms. The number of aryl methyl sites for hydroxylation is 1. The Morgan fingerprint density at radius 1 is 1.47 bits per heavy atom. The molecule has 1 amide bonds. The fourth-order valence-corrected chi connectivity index (χ4v) is 1.24. The molecule has 0 bridgehead atoms. The van der Waals surface area contributed by atoms with Gasteiger partial charge in [0.1, 0.15) is 0 Å². The topological polar surface area (TPSA) is 70.7 Å². The summed E-state index contributed by atoms with van der Waals surface area (Å²) in [5, 5.41) is 12.4. The largest absolute Gasteiger partial charge is 0.304 e. The Bertz CT molecular complexity index is 464. The molecule has 0 radical (unpaired) electrons. The lowest BCUT2D eigenvalue weighted by Gasteiger charge is -2.01. The van der Waals surface area contributed by atoms with Crippen LogP contribution in [0.4, 0.5) is 5.82 Å². The number of anilines is 1. The average molecular weight is 202 g/mol. The van der Waals surface area contributed by atoms with Crippen LogP contribution in [0.5, 0.6) is 0 Å². The van der Waals surface area contributed by atoms with Gasteiger partial charge in [0.2, 0.25) is 0 Å². The summed E-state index contributed by atoms with van der Waals surface area (Å²) in [6.07, 6.45) is 1.45. The van der Waals surface area contributed by atoms with Crippen molar-refractivity contribution in [2.45, 2.75) is 6.92 Å². The van der Waals surface area contributed by atoms with Gasteiger partial charge >= 0.3 is 0 Å². The third-order valence-corrected chi connectivity index (χ3v) is 1.94. The molecular weight excluding hydrogens is 192 g/mol. The molecule has 15 heavy (non-hydrogen) atoms. The van der Waals surface area contributed by atoms with Gasteiger partial charge in [0.15, 0.2) is 5.82 Å². The van der Waals surface area contributed by atoms with Crippen molar-refractivity contribution in [1.29, 1.82) is 0 Å². The molecule has 76 valence electrons. The van der Waals surface area contributed by atoms with Gasteiger partial charge in [-0.3, -0.25) is 4.79 Å². The number of carbonyl (C=O) groups excluding carboxylic acids is 1. The van der Waals surface area contributed by atoms with Crippen molar-refractivity contribution in [1.82, 2.24) is 15.4 Å². The normalized spacial score (nSPS) is 9.93. The number of aromatic nitrogens is 3. The Morgan fingerprint density at radius 3 is 3.00 bits per heavy atom. The van der Waals surface area contributed by atoms with Crippen LogP contribution in [-0.2, 0) is 0 Å². The number of hydrogen-bond donors (Lipinski definition) is 2. The zero-order chi connectivity index (χ0) is 10.7. The number of amides is 1. The maximum atomic E-state index is 11.7. The molecule has 1 aromatic carbocycles. The van der Waals surface area contributed by atoms with E-state index in [-0.39, 0.29) is 5.91 Å². The van der Waals surface area contributed by atoms with E-state index in [4.69, 9.17) is 0 Å². The third-order valence-electron chi connectivity index (χ3n) is 1.94. The molecule has 0 aliphatic carbocycles. The number of nitrogens with zero attached hydrogens (tertiary/aromatic N) is 2. The van der Waals surface area contributed by atoms with Crippen molar-refractivity contribution in [3.05, 3.63) is 41.6 Å². The van der Waals surface area contributed by atoms with Gasteiger partial charge < -0.3 is 5.32 Å². The Morgan fingerprint density at radius 2 is 2.33 bits per heavy atom. The van der Waals surface area contributed by atoms with Gasteiger partial charge in [-0.1, -0.05) is 17.7 Å². The number of nitrogens with one attached hydrogen (secondary N) is 2. The highest BCUT2D eigenvalue weighted by atomic mass is 16.1. The molecule has 5 heteroatoms. The molecule has 2 aromatic rings. The predicted octanol–water partition coefficient (Wildman–Crippen LogP) is 1.37. The number of hydrogen-bond acceptors (Lipinski definition) is 3. The first-order chi connectivity index (χ1) is 7.25. The average Bonchev–Trinajstić information content (AvgIpc) is 2.70. The first-order valence-corrected chi connectivity index (χ1v) is 4.49. The number of H-pyrrole nitrogens is 1. The van der Waals surface area contributed by atoms with Crippen molar-refractivity contribution in [3.63, 3.8) is 0 Å². The monoisotopic (exact) mass is 202 g/mol. The molecule has 1 heterocycles. The molecule has 0 atom stereocenters. The van der Waals surface area contributed by atoms with Crippen LogP contribution in [0.15, 0.2) is 30.5 Å². The number of aromatic amines is 1. The van der Waals surface area contributed by atoms with E-state index in [2.05, 4.69) is 20.7 Å². The van der Waals surface area contributed by atoms with Crippen molar-refractivity contribution in [3.8, 4) is 0 Å². The number of benzene rings is 1. The van der Waals surface area contributed by atoms with Gasteiger partial charge in [-0.05, 0) is 19.1 Å². The van der Waals surface area contributed by atoms with Crippen LogP contribution in [-0.4, -0.2) is 21.3 Å². The second-order valence-corrected chi connectivity index (χ2v) is 3.18. The zero-order valence-corrected chi connectivity index (χ0v) is 8.19. The van der Waals surface area contributed by atoms with Crippen LogP contribution in [0, 0.1) is 6.92 Å². The van der Waals surface area contributed by atoms with Gasteiger partial charge in [0, 0.05) is 5.56 Å². The lowest BCUT2D eigenvalue weighted by atomic mass is 10.1. The van der Waals surface area contributed by atoms with Crippen LogP contribution in [0.3, 0.4) is 0 Å². The van der Waals surface area contributed by atoms with E-state index < -0.39 is 0 Å². The summed E-state index contributed by atoms with van der Waals surface area (Å²) < 4.78 is 0. The molecule has 0 aliphatic rings. The molecule has 2 N–H and O–H groups in total. The van der Waals surface area contributed by atoms with Gasteiger partial charge in [-0.25, -0.2) is 0 Å². The van der Waals surface area contributed by atoms with Crippen molar-refractivity contribution in [2.75, 3.05) is 5.32 Å². The molecule has 0 unspecified atom stereocenters. The Balaban J connectivity index is 2.15. The van der Waals surface area contributed by atoms with Crippen LogP contribution >= 0.6 is 0 Å². The van der Waals surface area contributed by atoms with Crippen LogP contribution < -0.4 is 5.32 Å². The van der Waals surface area contributed by atoms with Gasteiger partial charge in [0.05, 0.1) is 6.20 Å². The van der Waals surface area contributed by atoms with Crippen LogP contribution in [0.25, 0.3) is 0 Å². The summed E-state index contributed by atoms with van der Waals surface area (Å²) in [5.41, 5.74) is 1.65. The van der Waals surface area contributed by atoms with E-state index in [0.717, 1.165) is 5.56 Å². The van der Waals surface area contributed by atoms with Gasteiger partial charge in [0.25, 0.3) is 5.91 Å². The summed E-state index contributed by atoms with van der Waals surface area (Å²) in [6.45, 7) is 1.94. The first-order valence-electron chi connectivity index (χ1n) is 4.49. The molecule has 5 nitrogen and oxygen atoms in total. The van der Waals surface area contributed by atoms with E-state index in [1.54, 1.807) is 6.07 Å². The highest BCUT2D eigenvalue weighted by Crippen LogP contribution is 2.06. The zero-order valence-electron chi connectivity index (χ0n) is 8.19. The smallest absolute Gasteiger partial charge is 0.256 e. The van der Waals surface area contributed by atoms with Gasteiger partial charge in [-0.2, -0.15) is 10.3 Å². The van der Waals surface area contributed by atoms with Crippen molar-refractivity contribution < 1.29 is 4.79 Å². The minimum Gasteiger partial charge on any atom is -0.304 e. The molecule has 1 aromatic heterocycles. The number of rotatable bonds is 2. The standard InChI is InChI=1S/C10H10N4O/c1-7-3-2-4-8(5-7)10(15)12-9-6-11-14-13-9/h2-6H,1H3,(H2,11,12,13,14,15). The van der Waals surface area contributed by atoms with E-state index in [9.17, 15) is 4.79 Å². The summed E-state index contributed by atoms with van der Waals surface area (Å²) in [4.78, 5) is 11.7. The second-order valence-electron chi connectivity index (χ2n) is 3.18. The fraction of sp³-hybridized carbons (Fsp3) is 0.100. The van der Waals surface area contributed by atoms with E-state index >= 15 is 0 Å². The van der Waals surface area contributed by atoms with Crippen molar-refractivity contribution >= 4 is 11.7 Å². The first kappa shape index (κ1) is 9.39. The van der Waals surface area contributed by atoms with Crippen LogP contribution in [0.2, 0.25) is 0 Å². The van der Waals surface area contributed by atoms with E-state index in [1.807, 2.05) is 25.1 Å². The molecule has 0 fully saturated rings. The summed E-state index contributed by atoms with van der Waals surface area (Å²) in [5.74, 6) is 0.231. The van der Waals surface area contributed by atoms with Gasteiger partial charge in [-0.15, -0.1) is 5.10 Å². The van der Waals surface area contributed by atoms with E-state index in [1.165, 1.54) is 6.20 Å². The SMILES string of the molecule is Cc1cccc(C(=O)Nc2cn[nH]n2)c1. The maximum absolute atomic E-state index is 11.7. The fourth-order valence-electron chi connectivity index (χ4n) is 1.24. The minimum absolute atomic E-state index is 0.187. The quantitative estimate of drug-likeness (QED) is 0.772. The molecular formula is C10H10N4O. The molecule has 0 saturated heterocycles. The minimum atomic E-state index is -0.187. The maximum Gasteiger partial charge on any atom is 0.256 e. The molecule has 2 rings (SSSR count). The molecule has 0 saturated carbocycles. The lowest BCUT2D eigenvalue weighted by Crippen LogP contribution is -2.12. The summed E-state index contributed by atoms with van der Waals surface area (Å²) in [7, 11) is 0. The summed E-state index contributed by atoms with van der Waals surface area (Å²) >= 11 is 0. The molecule has 0 aliphatic heterocycles. The van der Waals surface area contributed by atoms with E-state index in [0.29, 0.717) is 11.4 Å². The Labute approximate surface area is 86.5 Å².